The lowest BCUT2D eigenvalue weighted by Gasteiger charge is -2.38. The zero-order valence-corrected chi connectivity index (χ0v) is 16.7. The molecule has 1 amide bonds. The Morgan fingerprint density at radius 3 is 2.61 bits per heavy atom. The van der Waals surface area contributed by atoms with Gasteiger partial charge in [0.15, 0.2) is 11.5 Å². The van der Waals surface area contributed by atoms with E-state index in [1.54, 1.807) is 12.4 Å². The van der Waals surface area contributed by atoms with E-state index in [1.165, 1.54) is 21.7 Å². The van der Waals surface area contributed by atoms with Crippen LogP contribution in [0.1, 0.15) is 31.4 Å². The molecule has 2 saturated heterocycles. The molecule has 0 aliphatic carbocycles. The van der Waals surface area contributed by atoms with Gasteiger partial charge in [-0.3, -0.25) is 4.40 Å². The highest BCUT2D eigenvalue weighted by Gasteiger charge is 2.41. The molecule has 1 N–H and O–H groups in total. The number of piperidine rings is 1. The zero-order valence-electron chi connectivity index (χ0n) is 16.7. The number of aromatic nitrogens is 5. The Bertz CT molecular complexity index is 1130. The van der Waals surface area contributed by atoms with Crippen LogP contribution >= 0.6 is 0 Å². The average Bonchev–Trinajstić information content (AvgIpc) is 3.38. The first kappa shape index (κ1) is 19.6. The van der Waals surface area contributed by atoms with E-state index in [-0.39, 0.29) is 11.1 Å². The third-order valence-electron chi connectivity index (χ3n) is 6.37. The van der Waals surface area contributed by atoms with Crippen LogP contribution in [0.2, 0.25) is 0 Å². The van der Waals surface area contributed by atoms with Gasteiger partial charge in [-0.15, -0.1) is 0 Å². The van der Waals surface area contributed by atoms with Crippen LogP contribution < -0.4 is 4.90 Å². The summed E-state index contributed by atoms with van der Waals surface area (Å²) >= 11 is 0. The monoisotopic (exact) mass is 429 g/mol. The molecule has 0 atom stereocenters. The van der Waals surface area contributed by atoms with Crippen LogP contribution in [0.5, 0.6) is 0 Å². The van der Waals surface area contributed by atoms with Crippen LogP contribution in [0.25, 0.3) is 17.2 Å². The number of imidazole rings is 1. The molecule has 2 aliphatic rings. The van der Waals surface area contributed by atoms with Gasteiger partial charge in [0.2, 0.25) is 0 Å². The number of carbonyl (C=O) groups is 1. The van der Waals surface area contributed by atoms with Crippen molar-refractivity contribution >= 4 is 17.6 Å². The third kappa shape index (κ3) is 3.53. The summed E-state index contributed by atoms with van der Waals surface area (Å²) in [6.07, 6.45) is 4.90. The van der Waals surface area contributed by atoms with Gasteiger partial charge < -0.3 is 14.9 Å². The summed E-state index contributed by atoms with van der Waals surface area (Å²) < 4.78 is 27.7. The van der Waals surface area contributed by atoms with Crippen molar-refractivity contribution in [2.24, 2.45) is 5.41 Å². The second-order valence-corrected chi connectivity index (χ2v) is 8.16. The highest BCUT2D eigenvalue weighted by Crippen LogP contribution is 2.41. The molecule has 162 valence electrons. The maximum Gasteiger partial charge on any atom is 0.407 e. The van der Waals surface area contributed by atoms with Gasteiger partial charge in [0.1, 0.15) is 17.2 Å². The summed E-state index contributed by atoms with van der Waals surface area (Å²) in [4.78, 5) is 31.8. The second kappa shape index (κ2) is 7.40. The van der Waals surface area contributed by atoms with Crippen LogP contribution in [0.15, 0.2) is 30.9 Å². The average molecular weight is 429 g/mol. The number of amides is 1. The number of hydrogen-bond acceptors (Lipinski definition) is 6. The molecule has 2 fully saturated rings. The fourth-order valence-electron chi connectivity index (χ4n) is 4.54. The van der Waals surface area contributed by atoms with Crippen molar-refractivity contribution in [3.63, 3.8) is 0 Å². The lowest BCUT2D eigenvalue weighted by molar-refractivity contribution is 0.0986. The van der Waals surface area contributed by atoms with Crippen molar-refractivity contribution in [3.8, 4) is 11.5 Å². The van der Waals surface area contributed by atoms with Crippen molar-refractivity contribution in [2.75, 3.05) is 31.1 Å². The zero-order chi connectivity index (χ0) is 21.6. The number of anilines is 1. The smallest absolute Gasteiger partial charge is 0.407 e. The molecule has 0 saturated carbocycles. The molecular weight excluding hydrogens is 408 g/mol. The maximum absolute atomic E-state index is 13.1. The number of hydrogen-bond donors (Lipinski definition) is 1. The van der Waals surface area contributed by atoms with Crippen LogP contribution in [-0.4, -0.2) is 66.6 Å². The Kier molecular flexibility index (Phi) is 4.67. The van der Waals surface area contributed by atoms with Gasteiger partial charge >= 0.3 is 6.09 Å². The molecule has 1 spiro atoms. The van der Waals surface area contributed by atoms with E-state index in [0.717, 1.165) is 38.2 Å². The van der Waals surface area contributed by atoms with E-state index in [0.29, 0.717) is 30.3 Å². The van der Waals surface area contributed by atoms with Crippen LogP contribution in [0.3, 0.4) is 0 Å². The van der Waals surface area contributed by atoms with E-state index in [1.807, 2.05) is 6.07 Å². The standard InChI is InChI=1S/C20H21F2N7O2/c21-17(22)13-11-29-14(9-25-16(29)10-24-13)18-23-5-1-15(26-18)28-8-4-20(12-28)2-6-27(7-3-20)19(30)31/h1,5,9-11,17H,2-4,6-8,12H2,(H,30,31). The minimum absolute atomic E-state index is 0.0954. The molecule has 0 aromatic carbocycles. The Balaban J connectivity index is 1.39. The number of halogens is 2. The van der Waals surface area contributed by atoms with Gasteiger partial charge in [-0.1, -0.05) is 0 Å². The molecule has 3 aromatic rings. The van der Waals surface area contributed by atoms with Crippen LogP contribution in [-0.2, 0) is 0 Å². The highest BCUT2D eigenvalue weighted by molar-refractivity contribution is 5.65. The summed E-state index contributed by atoms with van der Waals surface area (Å²) in [5.41, 5.74) is 0.721. The van der Waals surface area contributed by atoms with Crippen molar-refractivity contribution in [2.45, 2.75) is 25.7 Å². The molecule has 3 aromatic heterocycles. The molecule has 2 aliphatic heterocycles. The molecule has 0 bridgehead atoms. The van der Waals surface area contributed by atoms with E-state index < -0.39 is 12.5 Å². The fraction of sp³-hybridized carbons (Fsp3) is 0.450. The molecule has 5 heterocycles. The second-order valence-electron chi connectivity index (χ2n) is 8.16. The van der Waals surface area contributed by atoms with Gasteiger partial charge in [0, 0.05) is 38.6 Å². The minimum Gasteiger partial charge on any atom is -0.465 e. The largest absolute Gasteiger partial charge is 0.465 e. The molecule has 0 unspecified atom stereocenters. The molecule has 0 radical (unpaired) electrons. The number of nitrogens with zero attached hydrogens (tertiary/aromatic N) is 7. The number of likely N-dealkylation sites (tertiary alicyclic amines) is 1. The van der Waals surface area contributed by atoms with E-state index >= 15 is 0 Å². The van der Waals surface area contributed by atoms with E-state index in [9.17, 15) is 18.7 Å². The molecule has 9 nitrogen and oxygen atoms in total. The topological polar surface area (TPSA) is 99.8 Å². The van der Waals surface area contributed by atoms with Crippen molar-refractivity contribution in [1.29, 1.82) is 0 Å². The molecule has 11 heteroatoms. The Morgan fingerprint density at radius 2 is 1.87 bits per heavy atom. The Hall–Kier alpha value is -3.37. The Labute approximate surface area is 176 Å². The summed E-state index contributed by atoms with van der Waals surface area (Å²) in [5.74, 6) is 1.17. The molecule has 31 heavy (non-hydrogen) atoms. The Morgan fingerprint density at radius 1 is 1.10 bits per heavy atom. The highest BCUT2D eigenvalue weighted by atomic mass is 19.3. The predicted octanol–water partition coefficient (Wildman–Crippen LogP) is 3.09. The first-order valence-corrected chi connectivity index (χ1v) is 10.1. The van der Waals surface area contributed by atoms with Gasteiger partial charge in [-0.25, -0.2) is 33.5 Å². The number of rotatable bonds is 3. The lowest BCUT2D eigenvalue weighted by atomic mass is 9.78. The van der Waals surface area contributed by atoms with Gasteiger partial charge in [0.05, 0.1) is 12.4 Å². The lowest BCUT2D eigenvalue weighted by Crippen LogP contribution is -2.43. The molecule has 5 rings (SSSR count). The number of carboxylic acid groups (broad SMARTS) is 1. The van der Waals surface area contributed by atoms with Crippen molar-refractivity contribution in [1.82, 2.24) is 29.2 Å². The van der Waals surface area contributed by atoms with Crippen molar-refractivity contribution in [3.05, 3.63) is 36.5 Å². The number of alkyl halides is 2. The normalized spacial score (nSPS) is 18.4. The summed E-state index contributed by atoms with van der Waals surface area (Å²) in [6, 6.07) is 1.84. The third-order valence-corrected chi connectivity index (χ3v) is 6.37. The summed E-state index contributed by atoms with van der Waals surface area (Å²) in [7, 11) is 0. The van der Waals surface area contributed by atoms with Gasteiger partial charge in [-0.2, -0.15) is 0 Å². The number of fused-ring (bicyclic) bond motifs is 1. The SMILES string of the molecule is O=C(O)N1CCC2(CC1)CCN(c1ccnc(-c3cnc4cnc(C(F)F)cn34)n1)C2. The van der Waals surface area contributed by atoms with Crippen LogP contribution in [0.4, 0.5) is 19.4 Å². The first-order valence-electron chi connectivity index (χ1n) is 10.1. The van der Waals surface area contributed by atoms with Gasteiger partial charge in [0.25, 0.3) is 6.43 Å². The maximum atomic E-state index is 13.1. The quantitative estimate of drug-likeness (QED) is 0.683. The van der Waals surface area contributed by atoms with Crippen LogP contribution in [0, 0.1) is 5.41 Å². The first-order chi connectivity index (χ1) is 14.9. The predicted molar refractivity (Wildman–Crippen MR) is 107 cm³/mol. The minimum atomic E-state index is -2.68. The van der Waals surface area contributed by atoms with Gasteiger partial charge in [-0.05, 0) is 30.7 Å². The van der Waals surface area contributed by atoms with Crippen molar-refractivity contribution < 1.29 is 18.7 Å². The van der Waals surface area contributed by atoms with E-state index in [4.69, 9.17) is 0 Å². The summed E-state index contributed by atoms with van der Waals surface area (Å²) in [5, 5.41) is 9.19. The fourth-order valence-corrected chi connectivity index (χ4v) is 4.54. The summed E-state index contributed by atoms with van der Waals surface area (Å²) in [6.45, 7) is 2.75. The van der Waals surface area contributed by atoms with E-state index in [2.05, 4.69) is 24.8 Å². The molecular formula is C20H21F2N7O2.